The summed E-state index contributed by atoms with van der Waals surface area (Å²) in [6.07, 6.45) is 0.835. The molecule has 6 nitrogen and oxygen atoms in total. The second-order valence-electron chi connectivity index (χ2n) is 7.46. The number of aromatic amines is 1. The number of benzene rings is 2. The fraction of sp³-hybridized carbons (Fsp3) is 0.261. The van der Waals surface area contributed by atoms with E-state index < -0.39 is 0 Å². The highest BCUT2D eigenvalue weighted by Crippen LogP contribution is 2.34. The first-order valence-electron chi connectivity index (χ1n) is 9.70. The summed E-state index contributed by atoms with van der Waals surface area (Å²) in [7, 11) is 5.15. The van der Waals surface area contributed by atoms with Crippen LogP contribution in [0.2, 0.25) is 0 Å². The number of H-pyrrole nitrogens is 1. The van der Waals surface area contributed by atoms with Crippen LogP contribution in [0.5, 0.6) is 11.5 Å². The summed E-state index contributed by atoms with van der Waals surface area (Å²) in [6, 6.07) is 14.0. The molecule has 0 saturated heterocycles. The van der Waals surface area contributed by atoms with Crippen molar-refractivity contribution >= 4 is 27.7 Å². The van der Waals surface area contributed by atoms with Crippen LogP contribution in [0.15, 0.2) is 42.5 Å². The Morgan fingerprint density at radius 1 is 1.07 bits per heavy atom. The summed E-state index contributed by atoms with van der Waals surface area (Å²) >= 11 is 0. The highest BCUT2D eigenvalue weighted by molar-refractivity contribution is 6.00. The molecule has 0 spiro atoms. The van der Waals surface area contributed by atoms with Gasteiger partial charge in [0.05, 0.1) is 19.7 Å². The van der Waals surface area contributed by atoms with Crippen molar-refractivity contribution in [3.05, 3.63) is 59.4 Å². The molecule has 0 bridgehead atoms. The molecule has 0 saturated carbocycles. The lowest BCUT2D eigenvalue weighted by Gasteiger charge is -2.27. The first kappa shape index (κ1) is 17.7. The van der Waals surface area contributed by atoms with Crippen LogP contribution in [0, 0.1) is 0 Å². The van der Waals surface area contributed by atoms with Gasteiger partial charge in [-0.3, -0.25) is 4.79 Å². The summed E-state index contributed by atoms with van der Waals surface area (Å²) in [5.74, 6) is 1.35. The zero-order valence-electron chi connectivity index (χ0n) is 16.8. The van der Waals surface area contributed by atoms with Crippen molar-refractivity contribution in [2.75, 3.05) is 20.8 Å². The van der Waals surface area contributed by atoms with Gasteiger partial charge in [0.1, 0.15) is 5.69 Å². The third-order valence-corrected chi connectivity index (χ3v) is 5.94. The molecule has 0 unspecified atom stereocenters. The van der Waals surface area contributed by atoms with Gasteiger partial charge in [0.15, 0.2) is 11.5 Å². The van der Waals surface area contributed by atoms with Crippen LogP contribution < -0.4 is 9.47 Å². The largest absolute Gasteiger partial charge is 0.493 e. The molecular formula is C23H23N3O3. The van der Waals surface area contributed by atoms with E-state index in [2.05, 4.69) is 17.1 Å². The Balaban J connectivity index is 1.52. The van der Waals surface area contributed by atoms with Crippen LogP contribution in [0.3, 0.4) is 0 Å². The number of carbonyl (C=O) groups excluding carboxylic acids is 1. The molecule has 148 valence electrons. The zero-order chi connectivity index (χ0) is 20.1. The van der Waals surface area contributed by atoms with Gasteiger partial charge in [-0.2, -0.15) is 0 Å². The summed E-state index contributed by atoms with van der Waals surface area (Å²) in [6.45, 7) is 1.32. The number of rotatable bonds is 3. The second-order valence-corrected chi connectivity index (χ2v) is 7.46. The molecule has 2 aromatic carbocycles. The van der Waals surface area contributed by atoms with Gasteiger partial charge in [-0.1, -0.05) is 18.2 Å². The van der Waals surface area contributed by atoms with Crippen molar-refractivity contribution in [3.63, 3.8) is 0 Å². The minimum atomic E-state index is 0.0394. The normalized spacial score (nSPS) is 13.7. The third kappa shape index (κ3) is 2.67. The Morgan fingerprint density at radius 3 is 2.62 bits per heavy atom. The van der Waals surface area contributed by atoms with Crippen molar-refractivity contribution in [2.24, 2.45) is 7.05 Å². The molecular weight excluding hydrogens is 366 g/mol. The standard InChI is InChI=1S/C23H23N3O3/c1-25-19-12-22(29-3)21(28-2)11-14(19)10-20(25)23(27)26-9-8-18-16(13-26)15-6-4-5-7-17(15)24-18/h4-7,10-12,24H,8-9,13H2,1-3H3. The van der Waals surface area contributed by atoms with Crippen molar-refractivity contribution < 1.29 is 14.3 Å². The zero-order valence-corrected chi connectivity index (χ0v) is 16.8. The average Bonchev–Trinajstić information content (AvgIpc) is 3.29. The maximum Gasteiger partial charge on any atom is 0.270 e. The summed E-state index contributed by atoms with van der Waals surface area (Å²) in [5, 5.41) is 2.16. The topological polar surface area (TPSA) is 59.5 Å². The molecule has 1 amide bonds. The van der Waals surface area contributed by atoms with E-state index in [4.69, 9.17) is 9.47 Å². The number of nitrogens with zero attached hydrogens (tertiary/aromatic N) is 2. The molecule has 1 aliphatic heterocycles. The Labute approximate surface area is 168 Å². The summed E-state index contributed by atoms with van der Waals surface area (Å²) < 4.78 is 12.8. The van der Waals surface area contributed by atoms with Crippen molar-refractivity contribution in [3.8, 4) is 11.5 Å². The van der Waals surface area contributed by atoms with Crippen LogP contribution in [0.25, 0.3) is 21.8 Å². The highest BCUT2D eigenvalue weighted by Gasteiger charge is 2.27. The lowest BCUT2D eigenvalue weighted by molar-refractivity contribution is 0.0726. The van der Waals surface area contributed by atoms with Crippen LogP contribution in [0.1, 0.15) is 21.7 Å². The molecule has 0 aliphatic carbocycles. The van der Waals surface area contributed by atoms with Crippen molar-refractivity contribution in [1.82, 2.24) is 14.5 Å². The Kier molecular flexibility index (Phi) is 4.01. The van der Waals surface area contributed by atoms with E-state index >= 15 is 0 Å². The molecule has 29 heavy (non-hydrogen) atoms. The van der Waals surface area contributed by atoms with Gasteiger partial charge in [0.25, 0.3) is 5.91 Å². The highest BCUT2D eigenvalue weighted by atomic mass is 16.5. The van der Waals surface area contributed by atoms with E-state index in [9.17, 15) is 4.79 Å². The summed E-state index contributed by atoms with van der Waals surface area (Å²) in [4.78, 5) is 18.8. The van der Waals surface area contributed by atoms with Gasteiger partial charge in [-0.15, -0.1) is 0 Å². The van der Waals surface area contributed by atoms with Gasteiger partial charge in [0.2, 0.25) is 0 Å². The number of fused-ring (bicyclic) bond motifs is 4. The quantitative estimate of drug-likeness (QED) is 0.579. The summed E-state index contributed by atoms with van der Waals surface area (Å²) in [5.41, 5.74) is 5.20. The van der Waals surface area contributed by atoms with E-state index in [-0.39, 0.29) is 5.91 Å². The number of carbonyl (C=O) groups is 1. The molecule has 3 heterocycles. The van der Waals surface area contributed by atoms with Gasteiger partial charge < -0.3 is 23.9 Å². The Morgan fingerprint density at radius 2 is 1.83 bits per heavy atom. The minimum Gasteiger partial charge on any atom is -0.493 e. The predicted molar refractivity (Wildman–Crippen MR) is 113 cm³/mol. The van der Waals surface area contributed by atoms with Crippen molar-refractivity contribution in [2.45, 2.75) is 13.0 Å². The monoisotopic (exact) mass is 389 g/mol. The fourth-order valence-corrected chi connectivity index (χ4v) is 4.37. The van der Waals surface area contributed by atoms with Crippen LogP contribution in [-0.2, 0) is 20.0 Å². The number of nitrogens with one attached hydrogen (secondary N) is 1. The number of methoxy groups -OCH3 is 2. The average molecular weight is 389 g/mol. The number of amides is 1. The predicted octanol–water partition coefficient (Wildman–Crippen LogP) is 3.88. The van der Waals surface area contributed by atoms with Crippen molar-refractivity contribution in [1.29, 1.82) is 0 Å². The smallest absolute Gasteiger partial charge is 0.270 e. The number of hydrogen-bond acceptors (Lipinski definition) is 3. The van der Waals surface area contributed by atoms with Gasteiger partial charge in [-0.05, 0) is 18.2 Å². The first-order chi connectivity index (χ1) is 14.1. The maximum atomic E-state index is 13.4. The molecule has 4 aromatic rings. The van der Waals surface area contributed by atoms with E-state index in [0.717, 1.165) is 22.8 Å². The molecule has 2 aromatic heterocycles. The van der Waals surface area contributed by atoms with Crippen LogP contribution in [0.4, 0.5) is 0 Å². The molecule has 1 N–H and O–H groups in total. The molecule has 6 heteroatoms. The minimum absolute atomic E-state index is 0.0394. The number of ether oxygens (including phenoxy) is 2. The Hall–Kier alpha value is -3.41. The lowest BCUT2D eigenvalue weighted by Crippen LogP contribution is -2.36. The van der Waals surface area contributed by atoms with E-state index in [1.807, 2.05) is 46.8 Å². The van der Waals surface area contributed by atoms with E-state index in [0.29, 0.717) is 30.3 Å². The number of para-hydroxylation sites is 1. The van der Waals surface area contributed by atoms with Gasteiger partial charge >= 0.3 is 0 Å². The molecule has 0 fully saturated rings. The SMILES string of the molecule is COc1cc2cc(C(=O)N3CCc4[nH]c5ccccc5c4C3)n(C)c2cc1OC. The van der Waals surface area contributed by atoms with Gasteiger partial charge in [-0.25, -0.2) is 0 Å². The molecule has 0 radical (unpaired) electrons. The van der Waals surface area contributed by atoms with Crippen LogP contribution in [-0.4, -0.2) is 41.1 Å². The molecule has 0 atom stereocenters. The van der Waals surface area contributed by atoms with E-state index in [1.165, 1.54) is 16.6 Å². The third-order valence-electron chi connectivity index (χ3n) is 5.94. The molecule has 1 aliphatic rings. The van der Waals surface area contributed by atoms with Crippen LogP contribution >= 0.6 is 0 Å². The lowest BCUT2D eigenvalue weighted by atomic mass is 10.0. The molecule has 5 rings (SSSR count). The number of hydrogen-bond donors (Lipinski definition) is 1. The first-order valence-corrected chi connectivity index (χ1v) is 9.70. The van der Waals surface area contributed by atoms with Gasteiger partial charge in [0, 0.05) is 60.2 Å². The number of aryl methyl sites for hydroxylation is 1. The fourth-order valence-electron chi connectivity index (χ4n) is 4.37. The maximum absolute atomic E-state index is 13.4. The second kappa shape index (κ2) is 6.58. The van der Waals surface area contributed by atoms with E-state index in [1.54, 1.807) is 14.2 Å². The number of aromatic nitrogens is 2. The Bertz CT molecular complexity index is 1250.